The zero-order chi connectivity index (χ0) is 20.9. The van der Waals surface area contributed by atoms with Gasteiger partial charge in [-0.25, -0.2) is 8.42 Å². The smallest absolute Gasteiger partial charge is 0.265 e. The maximum Gasteiger partial charge on any atom is 0.265 e. The number of anilines is 2. The van der Waals surface area contributed by atoms with Crippen LogP contribution < -0.4 is 10.6 Å². The van der Waals surface area contributed by atoms with Crippen molar-refractivity contribution in [3.8, 4) is 12.3 Å². The number of nitrogens with zero attached hydrogens (tertiary/aromatic N) is 1. The molecule has 2 amide bonds. The molecule has 1 aromatic carbocycles. The van der Waals surface area contributed by atoms with Crippen LogP contribution in [0.4, 0.5) is 11.4 Å². The zero-order valence-corrected chi connectivity index (χ0v) is 17.3. The van der Waals surface area contributed by atoms with E-state index >= 15 is 0 Å². The van der Waals surface area contributed by atoms with Crippen LogP contribution >= 0.6 is 11.3 Å². The van der Waals surface area contributed by atoms with Gasteiger partial charge in [-0.1, -0.05) is 12.0 Å². The third-order valence-electron chi connectivity index (χ3n) is 4.54. The second-order valence-corrected chi connectivity index (χ2v) is 9.90. The fourth-order valence-corrected chi connectivity index (χ4v) is 5.50. The molecule has 0 spiro atoms. The van der Waals surface area contributed by atoms with Gasteiger partial charge in [-0.2, -0.15) is 0 Å². The Hall–Kier alpha value is -2.67. The van der Waals surface area contributed by atoms with Crippen LogP contribution in [0.5, 0.6) is 0 Å². The second-order valence-electron chi connectivity index (χ2n) is 6.72. The number of sulfone groups is 1. The highest BCUT2D eigenvalue weighted by Gasteiger charge is 2.32. The van der Waals surface area contributed by atoms with Gasteiger partial charge in [-0.15, -0.1) is 17.8 Å². The molecule has 3 rings (SSSR count). The normalized spacial score (nSPS) is 17.6. The molecule has 1 aliphatic heterocycles. The van der Waals surface area contributed by atoms with Crippen LogP contribution in [0.15, 0.2) is 41.8 Å². The number of nitrogens with one attached hydrogen (secondary N) is 2. The lowest BCUT2D eigenvalue weighted by atomic mass is 10.2. The number of thiophene rings is 1. The number of rotatable bonds is 7. The molecule has 1 atom stereocenters. The summed E-state index contributed by atoms with van der Waals surface area (Å²) in [7, 11) is -3.06. The Labute approximate surface area is 174 Å². The van der Waals surface area contributed by atoms with Crippen molar-refractivity contribution < 1.29 is 18.0 Å². The molecule has 2 aromatic rings. The van der Waals surface area contributed by atoms with E-state index in [2.05, 4.69) is 16.6 Å². The van der Waals surface area contributed by atoms with Crippen LogP contribution in [-0.4, -0.2) is 55.8 Å². The minimum absolute atomic E-state index is 0.0151. The number of hydrogen-bond acceptors (Lipinski definition) is 6. The van der Waals surface area contributed by atoms with Crippen LogP contribution in [0.1, 0.15) is 16.1 Å². The van der Waals surface area contributed by atoms with Crippen LogP contribution in [0.3, 0.4) is 0 Å². The van der Waals surface area contributed by atoms with Crippen molar-refractivity contribution in [1.29, 1.82) is 0 Å². The van der Waals surface area contributed by atoms with E-state index in [1.165, 1.54) is 11.3 Å². The third kappa shape index (κ3) is 5.90. The van der Waals surface area contributed by atoms with Crippen LogP contribution in [0.2, 0.25) is 0 Å². The van der Waals surface area contributed by atoms with Crippen LogP contribution in [0, 0.1) is 12.3 Å². The first-order valence-corrected chi connectivity index (χ1v) is 11.7. The van der Waals surface area contributed by atoms with Gasteiger partial charge in [0.15, 0.2) is 9.84 Å². The zero-order valence-electron chi connectivity index (χ0n) is 15.6. The largest absolute Gasteiger partial charge is 0.325 e. The fraction of sp³-hybridized carbons (Fsp3) is 0.300. The highest BCUT2D eigenvalue weighted by atomic mass is 32.2. The number of hydrogen-bond donors (Lipinski definition) is 2. The Bertz CT molecular complexity index is 1010. The molecule has 1 fully saturated rings. The topological polar surface area (TPSA) is 95.6 Å². The first kappa shape index (κ1) is 21.0. The van der Waals surface area contributed by atoms with E-state index in [9.17, 15) is 18.0 Å². The van der Waals surface area contributed by atoms with Gasteiger partial charge >= 0.3 is 0 Å². The molecule has 1 aromatic heterocycles. The summed E-state index contributed by atoms with van der Waals surface area (Å²) < 4.78 is 23.4. The maximum atomic E-state index is 12.4. The van der Waals surface area contributed by atoms with E-state index in [1.54, 1.807) is 35.2 Å². The molecular formula is C20H21N3O4S2. The number of carbonyl (C=O) groups is 2. The minimum atomic E-state index is -3.06. The molecular weight excluding hydrogens is 410 g/mol. The highest BCUT2D eigenvalue weighted by molar-refractivity contribution is 7.91. The van der Waals surface area contributed by atoms with Crippen molar-refractivity contribution in [2.75, 3.05) is 35.2 Å². The van der Waals surface area contributed by atoms with Crippen molar-refractivity contribution in [3.63, 3.8) is 0 Å². The van der Waals surface area contributed by atoms with E-state index in [1.807, 2.05) is 11.4 Å². The molecule has 1 aliphatic rings. The monoisotopic (exact) mass is 431 g/mol. The van der Waals surface area contributed by atoms with Crippen molar-refractivity contribution in [2.24, 2.45) is 0 Å². The Morgan fingerprint density at radius 1 is 1.17 bits per heavy atom. The van der Waals surface area contributed by atoms with Gasteiger partial charge in [0.25, 0.3) is 5.91 Å². The second kappa shape index (κ2) is 9.22. The Balaban J connectivity index is 1.55. The first-order valence-electron chi connectivity index (χ1n) is 8.99. The van der Waals surface area contributed by atoms with E-state index < -0.39 is 9.84 Å². The van der Waals surface area contributed by atoms with E-state index in [0.717, 1.165) is 0 Å². The molecule has 29 heavy (non-hydrogen) atoms. The molecule has 0 aliphatic carbocycles. The molecule has 9 heteroatoms. The molecule has 2 N–H and O–H groups in total. The Morgan fingerprint density at radius 2 is 1.86 bits per heavy atom. The van der Waals surface area contributed by atoms with Gasteiger partial charge in [0.2, 0.25) is 5.91 Å². The maximum absolute atomic E-state index is 12.4. The lowest BCUT2D eigenvalue weighted by Gasteiger charge is -2.25. The van der Waals surface area contributed by atoms with Gasteiger partial charge in [-0.3, -0.25) is 14.5 Å². The number of benzene rings is 1. The number of carbonyl (C=O) groups excluding carboxylic acids is 2. The third-order valence-corrected chi connectivity index (χ3v) is 7.16. The number of amides is 2. The van der Waals surface area contributed by atoms with Crippen LogP contribution in [-0.2, 0) is 14.6 Å². The van der Waals surface area contributed by atoms with E-state index in [4.69, 9.17) is 6.42 Å². The summed E-state index contributed by atoms with van der Waals surface area (Å²) in [5, 5.41) is 7.40. The first-order chi connectivity index (χ1) is 13.9. The average molecular weight is 432 g/mol. The average Bonchev–Trinajstić information content (AvgIpc) is 3.32. The minimum Gasteiger partial charge on any atom is -0.325 e. The van der Waals surface area contributed by atoms with Crippen molar-refractivity contribution in [1.82, 2.24) is 4.90 Å². The van der Waals surface area contributed by atoms with E-state index in [-0.39, 0.29) is 42.5 Å². The fourth-order valence-electron chi connectivity index (χ4n) is 3.12. The summed E-state index contributed by atoms with van der Waals surface area (Å²) in [6, 6.07) is 10.1. The molecule has 0 saturated carbocycles. The Kier molecular flexibility index (Phi) is 6.69. The summed E-state index contributed by atoms with van der Waals surface area (Å²) in [6.45, 7) is 0.225. The van der Waals surface area contributed by atoms with Crippen molar-refractivity contribution in [2.45, 2.75) is 12.5 Å². The van der Waals surface area contributed by atoms with Gasteiger partial charge in [0.1, 0.15) is 0 Å². The summed E-state index contributed by atoms with van der Waals surface area (Å²) in [5.74, 6) is 2.18. The van der Waals surface area contributed by atoms with Gasteiger partial charge in [0, 0.05) is 17.4 Å². The predicted molar refractivity (Wildman–Crippen MR) is 115 cm³/mol. The van der Waals surface area contributed by atoms with Crippen molar-refractivity contribution in [3.05, 3.63) is 46.7 Å². The molecule has 7 nitrogen and oxygen atoms in total. The quantitative estimate of drug-likeness (QED) is 0.655. The molecule has 0 bridgehead atoms. The summed E-state index contributed by atoms with van der Waals surface area (Å²) in [6.07, 6.45) is 5.86. The predicted octanol–water partition coefficient (Wildman–Crippen LogP) is 2.06. The molecule has 0 radical (unpaired) electrons. The molecule has 2 heterocycles. The highest BCUT2D eigenvalue weighted by Crippen LogP contribution is 2.19. The van der Waals surface area contributed by atoms with Gasteiger partial charge in [0.05, 0.1) is 29.5 Å². The summed E-state index contributed by atoms with van der Waals surface area (Å²) in [4.78, 5) is 26.8. The lowest BCUT2D eigenvalue weighted by Crippen LogP contribution is -2.41. The number of terminal acetylenes is 1. The molecule has 1 saturated heterocycles. The van der Waals surface area contributed by atoms with Gasteiger partial charge < -0.3 is 10.6 Å². The van der Waals surface area contributed by atoms with Crippen LogP contribution in [0.25, 0.3) is 0 Å². The summed E-state index contributed by atoms with van der Waals surface area (Å²) in [5.41, 5.74) is 1.19. The molecule has 152 valence electrons. The SMILES string of the molecule is C#CCN(CC(=O)Nc1ccc(NC(=O)c2cccs2)cc1)C1CCS(=O)(=O)C1. The van der Waals surface area contributed by atoms with Gasteiger partial charge in [-0.05, 0) is 42.1 Å². The Morgan fingerprint density at radius 3 is 2.41 bits per heavy atom. The lowest BCUT2D eigenvalue weighted by molar-refractivity contribution is -0.117. The molecule has 1 unspecified atom stereocenters. The standard InChI is InChI=1S/C20H21N3O4S2/c1-2-10-23(17-9-12-29(26,27)14-17)13-19(24)21-15-5-7-16(8-6-15)22-20(25)18-4-3-11-28-18/h1,3-8,11,17H,9-10,12-14H2,(H,21,24)(H,22,25). The van der Waals surface area contributed by atoms with Crippen molar-refractivity contribution >= 4 is 44.4 Å². The van der Waals surface area contributed by atoms with E-state index in [0.29, 0.717) is 22.7 Å². The summed E-state index contributed by atoms with van der Waals surface area (Å²) >= 11 is 1.36.